The molecule has 13 heavy (non-hydrogen) atoms. The van der Waals surface area contributed by atoms with Gasteiger partial charge in [-0.1, -0.05) is 6.92 Å². The summed E-state index contributed by atoms with van der Waals surface area (Å²) in [6.07, 6.45) is -0.335. The van der Waals surface area contributed by atoms with Crippen LogP contribution in [0.3, 0.4) is 0 Å². The third-order valence-electron chi connectivity index (χ3n) is 2.07. The van der Waals surface area contributed by atoms with Crippen LogP contribution in [0, 0.1) is 0 Å². The molecule has 4 nitrogen and oxygen atoms in total. The Morgan fingerprint density at radius 3 is 2.69 bits per heavy atom. The predicted molar refractivity (Wildman–Crippen MR) is 50.7 cm³/mol. The molecule has 0 spiro atoms. The summed E-state index contributed by atoms with van der Waals surface area (Å²) in [4.78, 5) is 13.4. The Bertz CT molecular complexity index is 176. The van der Waals surface area contributed by atoms with E-state index in [2.05, 4.69) is 17.1 Å². The maximum atomic E-state index is 11.1. The third kappa shape index (κ3) is 3.22. The first-order valence-electron chi connectivity index (χ1n) is 4.81. The molecule has 1 saturated heterocycles. The maximum Gasteiger partial charge on any atom is 0.407 e. The molecule has 1 amide bonds. The van der Waals surface area contributed by atoms with E-state index in [1.165, 1.54) is 0 Å². The highest BCUT2D eigenvalue weighted by Crippen LogP contribution is 2.06. The number of hydrogen-bond donors (Lipinski definition) is 1. The number of nitrogens with one attached hydrogen (secondary N) is 1. The number of alkyl carbamates (subject to hydrolysis) is 1. The lowest BCUT2D eigenvalue weighted by Gasteiger charge is -2.38. The fraction of sp³-hybridized carbons (Fsp3) is 0.889. The van der Waals surface area contributed by atoms with Crippen LogP contribution in [0.5, 0.6) is 0 Å². The molecule has 0 aromatic carbocycles. The first-order valence-corrected chi connectivity index (χ1v) is 4.81. The van der Waals surface area contributed by atoms with Crippen molar-refractivity contribution < 1.29 is 9.53 Å². The summed E-state index contributed by atoms with van der Waals surface area (Å²) >= 11 is 0. The van der Waals surface area contributed by atoms with E-state index in [0.717, 1.165) is 19.6 Å². The molecule has 0 atom stereocenters. The highest BCUT2D eigenvalue weighted by Gasteiger charge is 2.26. The van der Waals surface area contributed by atoms with Gasteiger partial charge < -0.3 is 10.1 Å². The smallest absolute Gasteiger partial charge is 0.407 e. The van der Waals surface area contributed by atoms with Gasteiger partial charge in [0.2, 0.25) is 0 Å². The zero-order chi connectivity index (χ0) is 9.84. The SMILES string of the molecule is CCN1CC(NC(=O)OC(C)C)C1. The van der Waals surface area contributed by atoms with Gasteiger partial charge in [-0.05, 0) is 20.4 Å². The summed E-state index contributed by atoms with van der Waals surface area (Å²) < 4.78 is 4.96. The number of hydrogen-bond acceptors (Lipinski definition) is 3. The van der Waals surface area contributed by atoms with Crippen LogP contribution in [0.2, 0.25) is 0 Å². The van der Waals surface area contributed by atoms with Crippen molar-refractivity contribution in [1.82, 2.24) is 10.2 Å². The number of ether oxygens (including phenoxy) is 1. The van der Waals surface area contributed by atoms with Crippen LogP contribution in [-0.4, -0.2) is 42.8 Å². The molecule has 76 valence electrons. The summed E-state index contributed by atoms with van der Waals surface area (Å²) in [5, 5.41) is 2.81. The number of rotatable bonds is 3. The quantitative estimate of drug-likeness (QED) is 0.709. The molecule has 1 fully saturated rings. The second kappa shape index (κ2) is 4.46. The number of likely N-dealkylation sites (tertiary alicyclic amines) is 1. The Morgan fingerprint density at radius 1 is 1.62 bits per heavy atom. The minimum Gasteiger partial charge on any atom is -0.447 e. The topological polar surface area (TPSA) is 41.6 Å². The number of carbonyl (C=O) groups is 1. The molecule has 0 radical (unpaired) electrons. The van der Waals surface area contributed by atoms with Crippen LogP contribution >= 0.6 is 0 Å². The molecule has 0 aliphatic carbocycles. The lowest BCUT2D eigenvalue weighted by Crippen LogP contribution is -2.59. The summed E-state index contributed by atoms with van der Waals surface area (Å²) in [5.41, 5.74) is 0. The van der Waals surface area contributed by atoms with Crippen LogP contribution in [0.15, 0.2) is 0 Å². The zero-order valence-corrected chi connectivity index (χ0v) is 8.54. The van der Waals surface area contributed by atoms with E-state index in [1.54, 1.807) is 0 Å². The lowest BCUT2D eigenvalue weighted by molar-refractivity contribution is 0.0877. The highest BCUT2D eigenvalue weighted by atomic mass is 16.6. The summed E-state index contributed by atoms with van der Waals surface area (Å²) in [6, 6.07) is 0.284. The monoisotopic (exact) mass is 186 g/mol. The van der Waals surface area contributed by atoms with Gasteiger partial charge in [0, 0.05) is 13.1 Å². The molecule has 1 rings (SSSR count). The number of amides is 1. The summed E-state index contributed by atoms with van der Waals surface area (Å²) in [5.74, 6) is 0. The number of nitrogens with zero attached hydrogens (tertiary/aromatic N) is 1. The van der Waals surface area contributed by atoms with Crippen molar-refractivity contribution in [3.05, 3.63) is 0 Å². The highest BCUT2D eigenvalue weighted by molar-refractivity contribution is 5.67. The van der Waals surface area contributed by atoms with Gasteiger partial charge in [0.1, 0.15) is 0 Å². The molecule has 0 unspecified atom stereocenters. The molecule has 1 N–H and O–H groups in total. The molecular formula is C9H18N2O2. The average Bonchev–Trinajstić information content (AvgIpc) is 1.94. The summed E-state index contributed by atoms with van der Waals surface area (Å²) in [7, 11) is 0. The fourth-order valence-electron chi connectivity index (χ4n) is 1.33. The lowest BCUT2D eigenvalue weighted by atomic mass is 10.1. The predicted octanol–water partition coefficient (Wildman–Crippen LogP) is 0.825. The third-order valence-corrected chi connectivity index (χ3v) is 2.07. The van der Waals surface area contributed by atoms with Gasteiger partial charge in [-0.3, -0.25) is 4.90 Å². The second-order valence-electron chi connectivity index (χ2n) is 3.65. The Hall–Kier alpha value is -0.770. The van der Waals surface area contributed by atoms with E-state index in [1.807, 2.05) is 13.8 Å². The van der Waals surface area contributed by atoms with Crippen LogP contribution < -0.4 is 5.32 Å². The molecule has 0 bridgehead atoms. The molecule has 4 heteroatoms. The van der Waals surface area contributed by atoms with Gasteiger partial charge in [-0.2, -0.15) is 0 Å². The normalized spacial score (nSPS) is 18.5. The second-order valence-corrected chi connectivity index (χ2v) is 3.65. The average molecular weight is 186 g/mol. The minimum absolute atomic E-state index is 0.0395. The van der Waals surface area contributed by atoms with Crippen molar-refractivity contribution in [2.45, 2.75) is 32.9 Å². The van der Waals surface area contributed by atoms with E-state index < -0.39 is 0 Å². The standard InChI is InChI=1S/C9H18N2O2/c1-4-11-5-8(6-11)10-9(12)13-7(2)3/h7-8H,4-6H2,1-3H3,(H,10,12). The van der Waals surface area contributed by atoms with Crippen LogP contribution in [-0.2, 0) is 4.74 Å². The van der Waals surface area contributed by atoms with E-state index in [4.69, 9.17) is 4.74 Å². The number of likely N-dealkylation sites (N-methyl/N-ethyl adjacent to an activating group) is 1. The van der Waals surface area contributed by atoms with Crippen molar-refractivity contribution >= 4 is 6.09 Å². The van der Waals surface area contributed by atoms with Gasteiger partial charge >= 0.3 is 6.09 Å². The summed E-state index contributed by atoms with van der Waals surface area (Å²) in [6.45, 7) is 8.75. The van der Waals surface area contributed by atoms with Gasteiger partial charge in [-0.25, -0.2) is 4.79 Å². The molecule has 0 aromatic rings. The maximum absolute atomic E-state index is 11.1. The number of carbonyl (C=O) groups excluding carboxylic acids is 1. The van der Waals surface area contributed by atoms with Crippen LogP contribution in [0.1, 0.15) is 20.8 Å². The van der Waals surface area contributed by atoms with Crippen LogP contribution in [0.25, 0.3) is 0 Å². The Labute approximate surface area is 79.2 Å². The van der Waals surface area contributed by atoms with Crippen molar-refractivity contribution in [3.8, 4) is 0 Å². The van der Waals surface area contributed by atoms with Crippen LogP contribution in [0.4, 0.5) is 4.79 Å². The van der Waals surface area contributed by atoms with E-state index in [9.17, 15) is 4.79 Å². The van der Waals surface area contributed by atoms with Crippen molar-refractivity contribution in [2.75, 3.05) is 19.6 Å². The van der Waals surface area contributed by atoms with Gasteiger partial charge in [-0.15, -0.1) is 0 Å². The van der Waals surface area contributed by atoms with E-state index >= 15 is 0 Å². The zero-order valence-electron chi connectivity index (χ0n) is 8.54. The first kappa shape index (κ1) is 10.3. The molecule has 1 aliphatic rings. The molecule has 1 heterocycles. The van der Waals surface area contributed by atoms with E-state index in [0.29, 0.717) is 0 Å². The van der Waals surface area contributed by atoms with Crippen molar-refractivity contribution in [1.29, 1.82) is 0 Å². The minimum atomic E-state index is -0.296. The van der Waals surface area contributed by atoms with E-state index in [-0.39, 0.29) is 18.2 Å². The fourth-order valence-corrected chi connectivity index (χ4v) is 1.33. The van der Waals surface area contributed by atoms with Gasteiger partial charge in [0.05, 0.1) is 12.1 Å². The Morgan fingerprint density at radius 2 is 2.23 bits per heavy atom. The van der Waals surface area contributed by atoms with Crippen molar-refractivity contribution in [3.63, 3.8) is 0 Å². The molecule has 1 aliphatic heterocycles. The van der Waals surface area contributed by atoms with Crippen molar-refractivity contribution in [2.24, 2.45) is 0 Å². The van der Waals surface area contributed by atoms with Gasteiger partial charge in [0.25, 0.3) is 0 Å². The largest absolute Gasteiger partial charge is 0.447 e. The van der Waals surface area contributed by atoms with Gasteiger partial charge in [0.15, 0.2) is 0 Å². The molecule has 0 saturated carbocycles. The Kier molecular flexibility index (Phi) is 3.54. The first-order chi connectivity index (χ1) is 6.11. The molecular weight excluding hydrogens is 168 g/mol. The Balaban J connectivity index is 2.09. The molecule has 0 aromatic heterocycles.